The molecule has 0 fully saturated rings. The first-order valence-corrected chi connectivity index (χ1v) is 9.81. The molecule has 0 aliphatic rings. The second kappa shape index (κ2) is 8.17. The van der Waals surface area contributed by atoms with E-state index < -0.39 is 59.3 Å². The molecule has 0 aromatic heterocycles. The molecule has 1 atom stereocenters. The van der Waals surface area contributed by atoms with Gasteiger partial charge in [0.15, 0.2) is 0 Å². The van der Waals surface area contributed by atoms with Gasteiger partial charge in [0.1, 0.15) is 6.04 Å². The summed E-state index contributed by atoms with van der Waals surface area (Å²) in [6.07, 6.45) is -4.82. The Balaban J connectivity index is 2.77. The maximum Gasteiger partial charge on any atom is 0.416 e. The Hall–Kier alpha value is -2.37. The molecule has 0 aliphatic heterocycles. The van der Waals surface area contributed by atoms with Crippen LogP contribution in [0.15, 0.2) is 47.4 Å². The average molecular weight is 471 g/mol. The second-order valence-electron chi connectivity index (χ2n) is 5.70. The largest absolute Gasteiger partial charge is 0.416 e. The average Bonchev–Trinajstić information content (AvgIpc) is 2.62. The first-order chi connectivity index (χ1) is 13.3. The fourth-order valence-corrected chi connectivity index (χ4v) is 4.45. The van der Waals surface area contributed by atoms with Crippen molar-refractivity contribution in [3.63, 3.8) is 0 Å². The number of nitro benzene ring substituents is 1. The fourth-order valence-electron chi connectivity index (χ4n) is 2.37. The van der Waals surface area contributed by atoms with Crippen LogP contribution < -0.4 is 4.31 Å². The van der Waals surface area contributed by atoms with Crippen molar-refractivity contribution in [1.29, 1.82) is 0 Å². The summed E-state index contributed by atoms with van der Waals surface area (Å²) in [7, 11) is -4.77. The van der Waals surface area contributed by atoms with Crippen LogP contribution in [0.25, 0.3) is 0 Å². The Bertz CT molecular complexity index is 1080. The van der Waals surface area contributed by atoms with Gasteiger partial charge in [-0.05, 0) is 42.8 Å². The lowest BCUT2D eigenvalue weighted by Gasteiger charge is -2.29. The van der Waals surface area contributed by atoms with E-state index in [9.17, 15) is 36.5 Å². The molecule has 0 aliphatic carbocycles. The van der Waals surface area contributed by atoms with Crippen LogP contribution in [-0.2, 0) is 21.0 Å². The van der Waals surface area contributed by atoms with Gasteiger partial charge >= 0.3 is 6.18 Å². The zero-order valence-electron chi connectivity index (χ0n) is 14.4. The number of hydrogen-bond donors (Lipinski definition) is 0. The second-order valence-corrected chi connectivity index (χ2v) is 8.29. The molecular weight excluding hydrogens is 460 g/mol. The summed E-state index contributed by atoms with van der Waals surface area (Å²) in [5.41, 5.74) is -2.45. The molecule has 0 amide bonds. The van der Waals surface area contributed by atoms with Crippen molar-refractivity contribution >= 4 is 49.8 Å². The Morgan fingerprint density at radius 1 is 1.21 bits per heavy atom. The van der Waals surface area contributed by atoms with Crippen LogP contribution in [0.1, 0.15) is 12.5 Å². The molecule has 2 aromatic carbocycles. The van der Waals surface area contributed by atoms with E-state index in [2.05, 4.69) is 0 Å². The third-order valence-electron chi connectivity index (χ3n) is 3.78. The highest BCUT2D eigenvalue weighted by molar-refractivity contribution is 7.93. The summed E-state index contributed by atoms with van der Waals surface area (Å²) in [5, 5.41) is 9.34. The Morgan fingerprint density at radius 3 is 2.34 bits per heavy atom. The third-order valence-corrected chi connectivity index (χ3v) is 6.29. The number of nitrogens with zero attached hydrogens (tertiary/aromatic N) is 2. The van der Waals surface area contributed by atoms with E-state index in [-0.39, 0.29) is 0 Å². The number of rotatable bonds is 6. The van der Waals surface area contributed by atoms with E-state index in [1.54, 1.807) is 0 Å². The maximum absolute atomic E-state index is 13.1. The molecule has 0 radical (unpaired) electrons. The van der Waals surface area contributed by atoms with Crippen molar-refractivity contribution in [3.05, 3.63) is 63.2 Å². The van der Waals surface area contributed by atoms with Crippen LogP contribution in [0, 0.1) is 10.1 Å². The lowest BCUT2D eigenvalue weighted by atomic mass is 10.2. The highest BCUT2D eigenvalue weighted by Gasteiger charge is 2.37. The number of halogens is 5. The standard InChI is InChI=1S/C16H11Cl2F3N2O5S/c1-9(15(18)24)22(14-7-10(16(19,20)21)5-6-13(14)17)29(27,28)12-4-2-3-11(8-12)23(25)26/h2-9H,1H3. The summed E-state index contributed by atoms with van der Waals surface area (Å²) in [4.78, 5) is 21.2. The molecule has 7 nitrogen and oxygen atoms in total. The van der Waals surface area contributed by atoms with E-state index in [1.165, 1.54) is 0 Å². The summed E-state index contributed by atoms with van der Waals surface area (Å²) >= 11 is 11.3. The van der Waals surface area contributed by atoms with Crippen LogP contribution in [0.3, 0.4) is 0 Å². The van der Waals surface area contributed by atoms with Gasteiger partial charge in [-0.3, -0.25) is 19.2 Å². The van der Waals surface area contributed by atoms with Gasteiger partial charge in [0.25, 0.3) is 15.7 Å². The van der Waals surface area contributed by atoms with Crippen molar-refractivity contribution in [2.45, 2.75) is 24.0 Å². The van der Waals surface area contributed by atoms with Gasteiger partial charge in [0, 0.05) is 12.1 Å². The number of benzene rings is 2. The van der Waals surface area contributed by atoms with E-state index in [1.807, 2.05) is 0 Å². The van der Waals surface area contributed by atoms with Gasteiger partial charge in [-0.1, -0.05) is 17.7 Å². The SMILES string of the molecule is CC(C(=O)Cl)N(c1cc(C(F)(F)F)ccc1Cl)S(=O)(=O)c1cccc([N+](=O)[O-])c1. The number of anilines is 1. The minimum Gasteiger partial charge on any atom is -0.279 e. The minimum absolute atomic E-state index is 0.305. The van der Waals surface area contributed by atoms with E-state index in [4.69, 9.17) is 23.2 Å². The van der Waals surface area contributed by atoms with Gasteiger partial charge in [-0.25, -0.2) is 8.42 Å². The molecular formula is C16H11Cl2F3N2O5S. The molecule has 29 heavy (non-hydrogen) atoms. The Kier molecular flexibility index (Phi) is 6.45. The molecule has 0 saturated carbocycles. The topological polar surface area (TPSA) is 97.6 Å². The van der Waals surface area contributed by atoms with Crippen molar-refractivity contribution in [2.75, 3.05) is 4.31 Å². The van der Waals surface area contributed by atoms with Gasteiger partial charge in [0.2, 0.25) is 5.24 Å². The summed E-state index contributed by atoms with van der Waals surface area (Å²) in [5.74, 6) is 0. The first-order valence-electron chi connectivity index (χ1n) is 7.62. The number of hydrogen-bond acceptors (Lipinski definition) is 5. The zero-order chi connectivity index (χ0) is 22.1. The number of carbonyl (C=O) groups is 1. The van der Waals surface area contributed by atoms with Gasteiger partial charge < -0.3 is 0 Å². The zero-order valence-corrected chi connectivity index (χ0v) is 16.7. The van der Waals surface area contributed by atoms with Crippen LogP contribution in [0.4, 0.5) is 24.5 Å². The normalized spacial score (nSPS) is 13.0. The maximum atomic E-state index is 13.1. The van der Waals surface area contributed by atoms with E-state index in [0.717, 1.165) is 31.2 Å². The molecule has 2 rings (SSSR count). The molecule has 0 heterocycles. The molecule has 0 saturated heterocycles. The van der Waals surface area contributed by atoms with Crippen molar-refractivity contribution < 1.29 is 31.3 Å². The molecule has 13 heteroatoms. The fraction of sp³-hybridized carbons (Fsp3) is 0.188. The predicted molar refractivity (Wildman–Crippen MR) is 99.5 cm³/mol. The quantitative estimate of drug-likeness (QED) is 0.348. The smallest absolute Gasteiger partial charge is 0.279 e. The van der Waals surface area contributed by atoms with Gasteiger partial charge in [-0.2, -0.15) is 13.2 Å². The van der Waals surface area contributed by atoms with E-state index >= 15 is 0 Å². The Morgan fingerprint density at radius 2 is 1.83 bits per heavy atom. The summed E-state index contributed by atoms with van der Waals surface area (Å²) < 4.78 is 65.9. The predicted octanol–water partition coefficient (Wildman–Crippen LogP) is 4.62. The molecule has 1 unspecified atom stereocenters. The summed E-state index contributed by atoms with van der Waals surface area (Å²) in [6, 6.07) is 4.03. The number of non-ortho nitro benzene ring substituents is 1. The van der Waals surface area contributed by atoms with Crippen molar-refractivity contribution in [3.8, 4) is 0 Å². The number of sulfonamides is 1. The van der Waals surface area contributed by atoms with Gasteiger partial charge in [-0.15, -0.1) is 0 Å². The van der Waals surface area contributed by atoms with Crippen molar-refractivity contribution in [1.82, 2.24) is 0 Å². The number of alkyl halides is 3. The number of carbonyl (C=O) groups excluding carboxylic acids is 1. The lowest BCUT2D eigenvalue weighted by molar-refractivity contribution is -0.385. The monoisotopic (exact) mass is 470 g/mol. The molecule has 0 bridgehead atoms. The highest BCUT2D eigenvalue weighted by atomic mass is 35.5. The van der Waals surface area contributed by atoms with Crippen molar-refractivity contribution in [2.24, 2.45) is 0 Å². The lowest BCUT2D eigenvalue weighted by Crippen LogP contribution is -2.42. The molecule has 0 N–H and O–H groups in total. The van der Waals surface area contributed by atoms with Crippen LogP contribution in [-0.4, -0.2) is 24.6 Å². The Labute approximate surface area is 172 Å². The first kappa shape index (κ1) is 22.9. The highest BCUT2D eigenvalue weighted by Crippen LogP contribution is 2.38. The molecule has 0 spiro atoms. The minimum atomic E-state index is -4.82. The van der Waals surface area contributed by atoms with E-state index in [0.29, 0.717) is 22.5 Å². The van der Waals surface area contributed by atoms with Crippen LogP contribution >= 0.6 is 23.2 Å². The number of nitro groups is 1. The molecule has 156 valence electrons. The molecule has 2 aromatic rings. The van der Waals surface area contributed by atoms with Crippen LogP contribution in [0.5, 0.6) is 0 Å². The third kappa shape index (κ3) is 4.80. The summed E-state index contributed by atoms with van der Waals surface area (Å²) in [6.45, 7) is 1.04. The van der Waals surface area contributed by atoms with Crippen LogP contribution in [0.2, 0.25) is 5.02 Å². The van der Waals surface area contributed by atoms with Gasteiger partial charge in [0.05, 0.1) is 26.1 Å².